The minimum Gasteiger partial charge on any atom is -0.462 e. The Balaban J connectivity index is 1.58. The third-order valence-corrected chi connectivity index (χ3v) is 5.65. The molecular formula is C23H20N2O3S. The van der Waals surface area contributed by atoms with E-state index < -0.39 is 0 Å². The predicted molar refractivity (Wildman–Crippen MR) is 115 cm³/mol. The normalized spacial score (nSPS) is 10.9. The summed E-state index contributed by atoms with van der Waals surface area (Å²) in [6, 6.07) is 19.0. The van der Waals surface area contributed by atoms with Crippen LogP contribution >= 0.6 is 11.3 Å². The molecule has 0 fully saturated rings. The molecule has 2 heterocycles. The second-order valence-electron chi connectivity index (χ2n) is 6.71. The largest absolute Gasteiger partial charge is 0.462 e. The quantitative estimate of drug-likeness (QED) is 0.436. The van der Waals surface area contributed by atoms with E-state index in [1.165, 1.54) is 11.3 Å². The summed E-state index contributed by atoms with van der Waals surface area (Å²) < 4.78 is 6.73. The van der Waals surface area contributed by atoms with Crippen molar-refractivity contribution in [2.45, 2.75) is 19.9 Å². The number of carbonyl (C=O) groups is 1. The maximum atomic E-state index is 12.9. The summed E-state index contributed by atoms with van der Waals surface area (Å²) in [5, 5.41) is 0.621. The first kappa shape index (κ1) is 19.1. The van der Waals surface area contributed by atoms with E-state index in [0.29, 0.717) is 24.1 Å². The standard InChI is InChI=1S/C23H20N2O3S/c1-2-12-28-23(27)18-10-8-16(9-11-18)14-25-15-24-21-19(22(25)26)13-20(29-21)17-6-4-3-5-7-17/h3-11,13,15H,2,12,14H2,1H3. The lowest BCUT2D eigenvalue weighted by Gasteiger charge is -2.07. The van der Waals surface area contributed by atoms with Crippen molar-refractivity contribution in [3.05, 3.63) is 88.5 Å². The Labute approximate surface area is 172 Å². The van der Waals surface area contributed by atoms with Crippen molar-refractivity contribution < 1.29 is 9.53 Å². The molecule has 0 atom stereocenters. The van der Waals surface area contributed by atoms with E-state index in [2.05, 4.69) is 4.98 Å². The summed E-state index contributed by atoms with van der Waals surface area (Å²) in [7, 11) is 0. The van der Waals surface area contributed by atoms with Gasteiger partial charge in [0.2, 0.25) is 0 Å². The van der Waals surface area contributed by atoms with E-state index in [1.54, 1.807) is 23.0 Å². The topological polar surface area (TPSA) is 61.2 Å². The summed E-state index contributed by atoms with van der Waals surface area (Å²) in [5.74, 6) is -0.328. The van der Waals surface area contributed by atoms with E-state index in [1.807, 2.05) is 55.5 Å². The number of hydrogen-bond acceptors (Lipinski definition) is 5. The van der Waals surface area contributed by atoms with Crippen LogP contribution < -0.4 is 5.56 Å². The molecule has 4 aromatic rings. The zero-order valence-corrected chi connectivity index (χ0v) is 16.8. The zero-order valence-electron chi connectivity index (χ0n) is 16.0. The van der Waals surface area contributed by atoms with Gasteiger partial charge in [0.15, 0.2) is 0 Å². The van der Waals surface area contributed by atoms with Crippen molar-refractivity contribution in [2.24, 2.45) is 0 Å². The lowest BCUT2D eigenvalue weighted by atomic mass is 10.1. The molecule has 5 nitrogen and oxygen atoms in total. The molecule has 0 radical (unpaired) electrons. The Kier molecular flexibility index (Phi) is 5.53. The Morgan fingerprint density at radius 1 is 1.10 bits per heavy atom. The number of rotatable bonds is 6. The zero-order chi connectivity index (χ0) is 20.2. The van der Waals surface area contributed by atoms with Gasteiger partial charge in [0.25, 0.3) is 5.56 Å². The Morgan fingerprint density at radius 3 is 2.59 bits per heavy atom. The fourth-order valence-electron chi connectivity index (χ4n) is 3.04. The lowest BCUT2D eigenvalue weighted by molar-refractivity contribution is 0.0505. The highest BCUT2D eigenvalue weighted by atomic mass is 32.1. The molecule has 146 valence electrons. The monoisotopic (exact) mass is 404 g/mol. The van der Waals surface area contributed by atoms with Gasteiger partial charge in [0.1, 0.15) is 4.83 Å². The fraction of sp³-hybridized carbons (Fsp3) is 0.174. The number of aromatic nitrogens is 2. The van der Waals surface area contributed by atoms with E-state index >= 15 is 0 Å². The van der Waals surface area contributed by atoms with Crippen LogP contribution in [0.25, 0.3) is 20.7 Å². The highest BCUT2D eigenvalue weighted by Gasteiger charge is 2.11. The molecule has 0 saturated carbocycles. The average Bonchev–Trinajstić information content (AvgIpc) is 3.20. The first-order valence-electron chi connectivity index (χ1n) is 9.46. The van der Waals surface area contributed by atoms with E-state index in [0.717, 1.165) is 27.3 Å². The van der Waals surface area contributed by atoms with Crippen LogP contribution in [0.15, 0.2) is 71.8 Å². The third-order valence-electron chi connectivity index (χ3n) is 4.56. The molecule has 0 N–H and O–H groups in total. The second-order valence-corrected chi connectivity index (χ2v) is 7.74. The van der Waals surface area contributed by atoms with Crippen LogP contribution in [-0.2, 0) is 11.3 Å². The minimum atomic E-state index is -0.328. The maximum Gasteiger partial charge on any atom is 0.338 e. The molecule has 0 bridgehead atoms. The fourth-order valence-corrected chi connectivity index (χ4v) is 4.03. The Morgan fingerprint density at radius 2 is 1.86 bits per heavy atom. The number of esters is 1. The predicted octanol–water partition coefficient (Wildman–Crippen LogP) is 4.74. The second kappa shape index (κ2) is 8.41. The molecule has 0 aliphatic heterocycles. The molecule has 0 saturated heterocycles. The van der Waals surface area contributed by atoms with Crippen molar-refractivity contribution in [1.82, 2.24) is 9.55 Å². The van der Waals surface area contributed by atoms with Crippen LogP contribution in [-0.4, -0.2) is 22.1 Å². The molecule has 2 aromatic heterocycles. The summed E-state index contributed by atoms with van der Waals surface area (Å²) in [4.78, 5) is 31.1. The molecular weight excluding hydrogens is 384 g/mol. The maximum absolute atomic E-state index is 12.9. The number of fused-ring (bicyclic) bond motifs is 1. The Hall–Kier alpha value is -3.25. The van der Waals surface area contributed by atoms with Crippen molar-refractivity contribution in [3.63, 3.8) is 0 Å². The van der Waals surface area contributed by atoms with Gasteiger partial charge in [0.05, 0.1) is 30.4 Å². The van der Waals surface area contributed by atoms with Gasteiger partial charge in [-0.2, -0.15) is 0 Å². The molecule has 0 unspecified atom stereocenters. The highest BCUT2D eigenvalue weighted by Crippen LogP contribution is 2.30. The number of hydrogen-bond donors (Lipinski definition) is 0. The van der Waals surface area contributed by atoms with Gasteiger partial charge in [-0.3, -0.25) is 9.36 Å². The van der Waals surface area contributed by atoms with Gasteiger partial charge >= 0.3 is 5.97 Å². The summed E-state index contributed by atoms with van der Waals surface area (Å²) in [6.45, 7) is 2.76. The number of nitrogens with zero attached hydrogens (tertiary/aromatic N) is 2. The third kappa shape index (κ3) is 4.12. The van der Waals surface area contributed by atoms with Crippen molar-refractivity contribution in [1.29, 1.82) is 0 Å². The van der Waals surface area contributed by atoms with Crippen molar-refractivity contribution in [2.75, 3.05) is 6.61 Å². The van der Waals surface area contributed by atoms with E-state index in [4.69, 9.17) is 4.74 Å². The smallest absolute Gasteiger partial charge is 0.338 e. The first-order valence-corrected chi connectivity index (χ1v) is 10.3. The van der Waals surface area contributed by atoms with Gasteiger partial charge in [-0.1, -0.05) is 49.4 Å². The van der Waals surface area contributed by atoms with Crippen LogP contribution in [0.2, 0.25) is 0 Å². The Bertz CT molecular complexity index is 1190. The summed E-state index contributed by atoms with van der Waals surface area (Å²) >= 11 is 1.52. The average molecular weight is 404 g/mol. The van der Waals surface area contributed by atoms with Gasteiger partial charge in [0, 0.05) is 4.88 Å². The van der Waals surface area contributed by atoms with Crippen LogP contribution in [0, 0.1) is 0 Å². The van der Waals surface area contributed by atoms with Crippen LogP contribution in [0.4, 0.5) is 0 Å². The van der Waals surface area contributed by atoms with E-state index in [-0.39, 0.29) is 11.5 Å². The number of benzene rings is 2. The van der Waals surface area contributed by atoms with Gasteiger partial charge in [-0.25, -0.2) is 9.78 Å². The molecule has 2 aromatic carbocycles. The van der Waals surface area contributed by atoms with Crippen molar-refractivity contribution in [3.8, 4) is 10.4 Å². The summed E-state index contributed by atoms with van der Waals surface area (Å²) in [5.41, 5.74) is 2.43. The van der Waals surface area contributed by atoms with Crippen molar-refractivity contribution >= 4 is 27.5 Å². The van der Waals surface area contributed by atoms with Gasteiger partial charge < -0.3 is 4.74 Å². The molecule has 0 aliphatic carbocycles. The molecule has 29 heavy (non-hydrogen) atoms. The van der Waals surface area contributed by atoms with Gasteiger partial charge in [-0.05, 0) is 35.7 Å². The number of ether oxygens (including phenoxy) is 1. The molecule has 4 rings (SSSR count). The van der Waals surface area contributed by atoms with Crippen LogP contribution in [0.5, 0.6) is 0 Å². The molecule has 0 spiro atoms. The summed E-state index contributed by atoms with van der Waals surface area (Å²) in [6.07, 6.45) is 2.37. The first-order chi connectivity index (χ1) is 14.2. The SMILES string of the molecule is CCCOC(=O)c1ccc(Cn2cnc3sc(-c4ccccc4)cc3c2=O)cc1. The number of thiophene rings is 1. The highest BCUT2D eigenvalue weighted by molar-refractivity contribution is 7.21. The molecule has 0 amide bonds. The van der Waals surface area contributed by atoms with E-state index in [9.17, 15) is 9.59 Å². The molecule has 0 aliphatic rings. The lowest BCUT2D eigenvalue weighted by Crippen LogP contribution is -2.20. The van der Waals surface area contributed by atoms with Crippen LogP contribution in [0.3, 0.4) is 0 Å². The van der Waals surface area contributed by atoms with Gasteiger partial charge in [-0.15, -0.1) is 11.3 Å². The number of carbonyl (C=O) groups excluding carboxylic acids is 1. The van der Waals surface area contributed by atoms with Crippen LogP contribution in [0.1, 0.15) is 29.3 Å². The molecule has 6 heteroatoms. The minimum absolute atomic E-state index is 0.0696.